The van der Waals surface area contributed by atoms with E-state index in [9.17, 15) is 8.42 Å². The summed E-state index contributed by atoms with van der Waals surface area (Å²) in [5.74, 6) is 0.337. The van der Waals surface area contributed by atoms with E-state index >= 15 is 0 Å². The third-order valence-corrected chi connectivity index (χ3v) is 5.88. The zero-order valence-corrected chi connectivity index (χ0v) is 10.6. The molecule has 0 spiro atoms. The van der Waals surface area contributed by atoms with Gasteiger partial charge < -0.3 is 5.73 Å². The van der Waals surface area contributed by atoms with Crippen molar-refractivity contribution in [1.29, 1.82) is 0 Å². The van der Waals surface area contributed by atoms with Crippen LogP contribution in [0.25, 0.3) is 0 Å². The maximum Gasteiger partial charge on any atom is 0.152 e. The molecule has 88 valence electrons. The molecular weight excluding hydrogens is 242 g/mol. The third kappa shape index (κ3) is 2.78. The van der Waals surface area contributed by atoms with Crippen molar-refractivity contribution in [2.75, 3.05) is 18.1 Å². The van der Waals surface area contributed by atoms with Crippen LogP contribution in [-0.2, 0) is 16.3 Å². The molecule has 3 nitrogen and oxygen atoms in total. The van der Waals surface area contributed by atoms with Crippen LogP contribution in [0.4, 0.5) is 0 Å². The molecule has 0 saturated carbocycles. The van der Waals surface area contributed by atoms with E-state index in [4.69, 9.17) is 5.73 Å². The van der Waals surface area contributed by atoms with Gasteiger partial charge in [-0.05, 0) is 18.1 Å². The standard InChI is InChI=1S/C11H15NO2S2/c12-5-6-16(13,14)8-10-7-9-3-1-2-4-11(9)15-10/h1-4,10H,5-8,12H2. The summed E-state index contributed by atoms with van der Waals surface area (Å²) in [5.41, 5.74) is 6.55. The Morgan fingerprint density at radius 1 is 1.38 bits per heavy atom. The van der Waals surface area contributed by atoms with Gasteiger partial charge in [-0.25, -0.2) is 8.42 Å². The van der Waals surface area contributed by atoms with Crippen LogP contribution < -0.4 is 5.73 Å². The molecule has 0 fully saturated rings. The van der Waals surface area contributed by atoms with E-state index in [0.717, 1.165) is 6.42 Å². The second kappa shape index (κ2) is 4.77. The maximum atomic E-state index is 11.6. The van der Waals surface area contributed by atoms with Crippen LogP contribution in [0.15, 0.2) is 29.2 Å². The average molecular weight is 257 g/mol. The van der Waals surface area contributed by atoms with Gasteiger partial charge in [-0.2, -0.15) is 0 Å². The average Bonchev–Trinajstić information content (AvgIpc) is 2.58. The smallest absolute Gasteiger partial charge is 0.152 e. The number of rotatable bonds is 4. The van der Waals surface area contributed by atoms with Crippen molar-refractivity contribution >= 4 is 21.6 Å². The number of nitrogens with two attached hydrogens (primary N) is 1. The van der Waals surface area contributed by atoms with Gasteiger partial charge >= 0.3 is 0 Å². The molecule has 0 radical (unpaired) electrons. The minimum atomic E-state index is -2.98. The van der Waals surface area contributed by atoms with Gasteiger partial charge in [0.25, 0.3) is 0 Å². The summed E-state index contributed by atoms with van der Waals surface area (Å²) in [7, 11) is -2.98. The second-order valence-electron chi connectivity index (χ2n) is 3.95. The van der Waals surface area contributed by atoms with E-state index in [1.54, 1.807) is 11.8 Å². The minimum absolute atomic E-state index is 0.0976. The molecule has 1 aromatic rings. The lowest BCUT2D eigenvalue weighted by atomic mass is 10.1. The Morgan fingerprint density at radius 2 is 2.12 bits per heavy atom. The number of fused-ring (bicyclic) bond motifs is 1. The molecule has 2 rings (SSSR count). The molecule has 16 heavy (non-hydrogen) atoms. The molecule has 1 unspecified atom stereocenters. The van der Waals surface area contributed by atoms with Crippen molar-refractivity contribution in [2.45, 2.75) is 16.6 Å². The van der Waals surface area contributed by atoms with Crippen molar-refractivity contribution < 1.29 is 8.42 Å². The molecule has 1 aromatic carbocycles. The highest BCUT2D eigenvalue weighted by atomic mass is 32.2. The predicted molar refractivity (Wildman–Crippen MR) is 67.5 cm³/mol. The van der Waals surface area contributed by atoms with E-state index in [2.05, 4.69) is 12.1 Å². The van der Waals surface area contributed by atoms with Crippen molar-refractivity contribution in [3.8, 4) is 0 Å². The highest BCUT2D eigenvalue weighted by Gasteiger charge is 2.26. The van der Waals surface area contributed by atoms with Crippen LogP contribution in [0, 0.1) is 0 Å². The van der Waals surface area contributed by atoms with Crippen LogP contribution in [0.5, 0.6) is 0 Å². The first kappa shape index (κ1) is 12.0. The Bertz CT molecular complexity index is 446. The molecule has 1 aliphatic heterocycles. The lowest BCUT2D eigenvalue weighted by molar-refractivity contribution is 0.594. The zero-order chi connectivity index (χ0) is 11.6. The van der Waals surface area contributed by atoms with Gasteiger partial charge in [-0.15, -0.1) is 11.8 Å². The van der Waals surface area contributed by atoms with E-state index < -0.39 is 9.84 Å². The molecule has 0 amide bonds. The fraction of sp³-hybridized carbons (Fsp3) is 0.455. The fourth-order valence-corrected chi connectivity index (χ4v) is 5.08. The van der Waals surface area contributed by atoms with Gasteiger partial charge in [-0.3, -0.25) is 0 Å². The minimum Gasteiger partial charge on any atom is -0.329 e. The Hall–Kier alpha value is -0.520. The Morgan fingerprint density at radius 3 is 2.81 bits per heavy atom. The molecule has 0 bridgehead atoms. The highest BCUT2D eigenvalue weighted by Crippen LogP contribution is 2.37. The maximum absolute atomic E-state index is 11.6. The van der Waals surface area contributed by atoms with Crippen molar-refractivity contribution in [3.63, 3.8) is 0 Å². The number of thioether (sulfide) groups is 1. The van der Waals surface area contributed by atoms with Gasteiger partial charge in [0.1, 0.15) is 0 Å². The van der Waals surface area contributed by atoms with E-state index in [1.807, 2.05) is 12.1 Å². The SMILES string of the molecule is NCCS(=O)(=O)CC1Cc2ccccc2S1. The summed E-state index contributed by atoms with van der Waals surface area (Å²) in [6, 6.07) is 8.10. The Labute approximate surface area is 100 Å². The van der Waals surface area contributed by atoms with Gasteiger partial charge in [-0.1, -0.05) is 18.2 Å². The first-order valence-corrected chi connectivity index (χ1v) is 7.96. The lowest BCUT2D eigenvalue weighted by Gasteiger charge is -2.08. The molecule has 1 atom stereocenters. The van der Waals surface area contributed by atoms with Crippen molar-refractivity contribution in [1.82, 2.24) is 0 Å². The van der Waals surface area contributed by atoms with Gasteiger partial charge in [0, 0.05) is 16.7 Å². The molecule has 1 heterocycles. The summed E-state index contributed by atoms with van der Waals surface area (Å²) >= 11 is 1.67. The van der Waals surface area contributed by atoms with Gasteiger partial charge in [0.2, 0.25) is 0 Å². The van der Waals surface area contributed by atoms with Crippen LogP contribution in [-0.4, -0.2) is 31.7 Å². The van der Waals surface area contributed by atoms with Gasteiger partial charge in [0.15, 0.2) is 9.84 Å². The largest absolute Gasteiger partial charge is 0.329 e. The third-order valence-electron chi connectivity index (χ3n) is 2.58. The molecule has 2 N–H and O–H groups in total. The summed E-state index contributed by atoms with van der Waals surface area (Å²) < 4.78 is 23.3. The fourth-order valence-electron chi connectivity index (χ4n) is 1.89. The van der Waals surface area contributed by atoms with E-state index in [-0.39, 0.29) is 23.3 Å². The first-order valence-electron chi connectivity index (χ1n) is 5.26. The molecule has 1 aliphatic rings. The predicted octanol–water partition coefficient (Wildman–Crippen LogP) is 1.08. The Balaban J connectivity index is 2.02. The molecule has 0 aliphatic carbocycles. The van der Waals surface area contributed by atoms with Crippen LogP contribution >= 0.6 is 11.8 Å². The number of hydrogen-bond acceptors (Lipinski definition) is 4. The normalized spacial score (nSPS) is 19.7. The highest BCUT2D eigenvalue weighted by molar-refractivity contribution is 8.01. The topological polar surface area (TPSA) is 60.2 Å². The van der Waals surface area contributed by atoms with Crippen molar-refractivity contribution in [2.24, 2.45) is 5.73 Å². The van der Waals surface area contributed by atoms with Crippen molar-refractivity contribution in [3.05, 3.63) is 29.8 Å². The first-order chi connectivity index (χ1) is 7.61. The van der Waals surface area contributed by atoms with Crippen LogP contribution in [0.3, 0.4) is 0 Å². The second-order valence-corrected chi connectivity index (χ2v) is 7.53. The molecule has 0 aromatic heterocycles. The van der Waals surface area contributed by atoms with Crippen LogP contribution in [0.1, 0.15) is 5.56 Å². The summed E-state index contributed by atoms with van der Waals surface area (Å²) in [6.07, 6.45) is 0.852. The molecule has 0 saturated heterocycles. The molecular formula is C11H15NO2S2. The molecule has 5 heteroatoms. The number of hydrogen-bond donors (Lipinski definition) is 1. The monoisotopic (exact) mass is 257 g/mol. The lowest BCUT2D eigenvalue weighted by Crippen LogP contribution is -2.24. The van der Waals surface area contributed by atoms with Crippen LogP contribution in [0.2, 0.25) is 0 Å². The Kier molecular flexibility index (Phi) is 3.56. The summed E-state index contributed by atoms with van der Waals surface area (Å²) in [4.78, 5) is 1.22. The zero-order valence-electron chi connectivity index (χ0n) is 8.93. The summed E-state index contributed by atoms with van der Waals surface area (Å²) in [5, 5.41) is 0.161. The quantitative estimate of drug-likeness (QED) is 0.876. The summed E-state index contributed by atoms with van der Waals surface area (Å²) in [6.45, 7) is 0.215. The van der Waals surface area contributed by atoms with Gasteiger partial charge in [0.05, 0.1) is 11.5 Å². The van der Waals surface area contributed by atoms with E-state index in [0.29, 0.717) is 0 Å². The van der Waals surface area contributed by atoms with E-state index in [1.165, 1.54) is 10.5 Å². The number of sulfone groups is 1. The number of benzene rings is 1.